The molecule has 0 amide bonds. The molecule has 0 aliphatic heterocycles. The van der Waals surface area contributed by atoms with E-state index in [-0.39, 0.29) is 26.3 Å². The highest BCUT2D eigenvalue weighted by atomic mass is 19.1. The molecule has 0 aliphatic carbocycles. The fourth-order valence-corrected chi connectivity index (χ4v) is 2.76. The summed E-state index contributed by atoms with van der Waals surface area (Å²) in [5.74, 6) is 0.437. The third kappa shape index (κ3) is 5.63. The highest BCUT2D eigenvalue weighted by Crippen LogP contribution is 2.23. The van der Waals surface area contributed by atoms with E-state index in [4.69, 9.17) is 20.3 Å². The van der Waals surface area contributed by atoms with Crippen molar-refractivity contribution < 1.29 is 19.0 Å². The van der Waals surface area contributed by atoms with Crippen LogP contribution in [0.3, 0.4) is 0 Å². The fourth-order valence-electron chi connectivity index (χ4n) is 2.76. The van der Waals surface area contributed by atoms with Crippen molar-refractivity contribution in [1.29, 1.82) is 0 Å². The molecule has 1 atom stereocenters. The van der Waals surface area contributed by atoms with Crippen molar-refractivity contribution >= 4 is 0 Å². The average molecular weight is 415 g/mol. The van der Waals surface area contributed by atoms with E-state index in [2.05, 4.69) is 4.98 Å². The minimum absolute atomic E-state index is 0.0968. The molecule has 0 saturated heterocycles. The van der Waals surface area contributed by atoms with Crippen LogP contribution in [0.5, 0.6) is 11.5 Å². The molecule has 1 aromatic heterocycles. The molecule has 2 aromatic carbocycles. The molecule has 0 bridgehead atoms. The zero-order valence-corrected chi connectivity index (χ0v) is 16.1. The first kappa shape index (κ1) is 21.4. The smallest absolute Gasteiger partial charge is 0.330 e. The van der Waals surface area contributed by atoms with Crippen molar-refractivity contribution in [3.8, 4) is 11.5 Å². The van der Waals surface area contributed by atoms with Crippen LogP contribution >= 0.6 is 0 Å². The summed E-state index contributed by atoms with van der Waals surface area (Å²) in [5.41, 5.74) is 5.42. The Bertz CT molecular complexity index is 1110. The zero-order chi connectivity index (χ0) is 21.5. The molecule has 0 aliphatic rings. The molecule has 3 aromatic rings. The molecule has 30 heavy (non-hydrogen) atoms. The maximum Gasteiger partial charge on any atom is 0.330 e. The molecule has 8 nitrogen and oxygen atoms in total. The van der Waals surface area contributed by atoms with Gasteiger partial charge >= 0.3 is 5.69 Å². The predicted octanol–water partition coefficient (Wildman–Crippen LogP) is 1.35. The van der Waals surface area contributed by atoms with Crippen LogP contribution in [0.4, 0.5) is 4.39 Å². The summed E-state index contributed by atoms with van der Waals surface area (Å²) in [6.07, 6.45) is 1.03. The molecule has 0 spiro atoms. The minimum Gasteiger partial charge on any atom is -0.457 e. The van der Waals surface area contributed by atoms with Gasteiger partial charge < -0.3 is 20.3 Å². The number of aromatic amines is 1. The third-order valence-electron chi connectivity index (χ3n) is 4.33. The standard InChI is InChI=1S/C21H22FN3O5/c22-16-4-2-6-18(9-16)30-17-5-1-3-14(8-17)7-15-11-25(21(28)24-20(15)27)13-29-19(10-23)12-26/h1-6,8-9,11,19,26H,7,10,12-13,23H2,(H,24,27,28). The first-order valence-corrected chi connectivity index (χ1v) is 9.26. The number of ether oxygens (including phenoxy) is 2. The van der Waals surface area contributed by atoms with Crippen LogP contribution in [-0.2, 0) is 17.9 Å². The zero-order valence-electron chi connectivity index (χ0n) is 16.1. The van der Waals surface area contributed by atoms with Gasteiger partial charge in [0.25, 0.3) is 5.56 Å². The summed E-state index contributed by atoms with van der Waals surface area (Å²) >= 11 is 0. The molecule has 0 radical (unpaired) electrons. The molecule has 1 heterocycles. The van der Waals surface area contributed by atoms with E-state index < -0.39 is 23.2 Å². The van der Waals surface area contributed by atoms with Crippen molar-refractivity contribution in [2.45, 2.75) is 19.3 Å². The van der Waals surface area contributed by atoms with Crippen molar-refractivity contribution in [3.05, 3.63) is 92.5 Å². The highest BCUT2D eigenvalue weighted by molar-refractivity contribution is 5.35. The van der Waals surface area contributed by atoms with Crippen LogP contribution < -0.4 is 21.7 Å². The van der Waals surface area contributed by atoms with Gasteiger partial charge in [-0.1, -0.05) is 18.2 Å². The molecule has 0 fully saturated rings. The van der Waals surface area contributed by atoms with Gasteiger partial charge in [-0.05, 0) is 29.8 Å². The molecule has 1 unspecified atom stereocenters. The van der Waals surface area contributed by atoms with Gasteiger partial charge in [0, 0.05) is 30.8 Å². The monoisotopic (exact) mass is 415 g/mol. The third-order valence-corrected chi connectivity index (χ3v) is 4.33. The largest absolute Gasteiger partial charge is 0.457 e. The predicted molar refractivity (Wildman–Crippen MR) is 108 cm³/mol. The lowest BCUT2D eigenvalue weighted by atomic mass is 10.1. The van der Waals surface area contributed by atoms with E-state index in [1.165, 1.54) is 22.9 Å². The fraction of sp³-hybridized carbons (Fsp3) is 0.238. The van der Waals surface area contributed by atoms with Crippen LogP contribution in [0.15, 0.2) is 64.3 Å². The van der Waals surface area contributed by atoms with Crippen LogP contribution in [-0.4, -0.2) is 33.9 Å². The lowest BCUT2D eigenvalue weighted by Gasteiger charge is -2.14. The van der Waals surface area contributed by atoms with E-state index >= 15 is 0 Å². The summed E-state index contributed by atoms with van der Waals surface area (Å²) in [7, 11) is 0. The second-order valence-electron chi connectivity index (χ2n) is 6.60. The van der Waals surface area contributed by atoms with Gasteiger partial charge in [0.05, 0.1) is 12.7 Å². The van der Waals surface area contributed by atoms with E-state index in [1.807, 2.05) is 0 Å². The summed E-state index contributed by atoms with van der Waals surface area (Å²) in [4.78, 5) is 26.5. The number of nitrogens with two attached hydrogens (primary N) is 1. The Morgan fingerprint density at radius 3 is 2.57 bits per heavy atom. The molecule has 158 valence electrons. The van der Waals surface area contributed by atoms with E-state index in [0.29, 0.717) is 17.1 Å². The molecular weight excluding hydrogens is 393 g/mol. The number of nitrogens with zero attached hydrogens (tertiary/aromatic N) is 1. The van der Waals surface area contributed by atoms with Crippen molar-refractivity contribution in [1.82, 2.24) is 9.55 Å². The number of hydrogen-bond donors (Lipinski definition) is 3. The summed E-state index contributed by atoms with van der Waals surface area (Å²) < 4.78 is 25.6. The topological polar surface area (TPSA) is 120 Å². The van der Waals surface area contributed by atoms with Crippen molar-refractivity contribution in [2.75, 3.05) is 13.2 Å². The number of H-pyrrole nitrogens is 1. The highest BCUT2D eigenvalue weighted by Gasteiger charge is 2.10. The van der Waals surface area contributed by atoms with Gasteiger partial charge in [-0.15, -0.1) is 0 Å². The van der Waals surface area contributed by atoms with Crippen LogP contribution in [0, 0.1) is 5.82 Å². The number of aliphatic hydroxyl groups excluding tert-OH is 1. The van der Waals surface area contributed by atoms with Gasteiger partial charge in [0.15, 0.2) is 0 Å². The average Bonchev–Trinajstić information content (AvgIpc) is 2.72. The molecular formula is C21H22FN3O5. The number of benzene rings is 2. The summed E-state index contributed by atoms with van der Waals surface area (Å²) in [6.45, 7) is -0.340. The maximum atomic E-state index is 13.3. The minimum atomic E-state index is -0.624. The number of hydrogen-bond acceptors (Lipinski definition) is 6. The van der Waals surface area contributed by atoms with E-state index in [9.17, 15) is 14.0 Å². The van der Waals surface area contributed by atoms with Crippen LogP contribution in [0.25, 0.3) is 0 Å². The Kier molecular flexibility index (Phi) is 7.12. The number of aromatic nitrogens is 2. The van der Waals surface area contributed by atoms with E-state index in [0.717, 1.165) is 5.56 Å². The van der Waals surface area contributed by atoms with Gasteiger partial charge in [0.1, 0.15) is 24.0 Å². The normalized spacial score (nSPS) is 12.0. The summed E-state index contributed by atoms with van der Waals surface area (Å²) in [6, 6.07) is 12.8. The quantitative estimate of drug-likeness (QED) is 0.485. The van der Waals surface area contributed by atoms with Gasteiger partial charge in [0.2, 0.25) is 0 Å². The van der Waals surface area contributed by atoms with Gasteiger partial charge in [-0.25, -0.2) is 9.18 Å². The second-order valence-corrected chi connectivity index (χ2v) is 6.60. The van der Waals surface area contributed by atoms with Gasteiger partial charge in [-0.2, -0.15) is 0 Å². The van der Waals surface area contributed by atoms with Crippen LogP contribution in [0.1, 0.15) is 11.1 Å². The Morgan fingerprint density at radius 2 is 1.87 bits per heavy atom. The first-order valence-electron chi connectivity index (χ1n) is 9.26. The second kappa shape index (κ2) is 9.97. The van der Waals surface area contributed by atoms with E-state index in [1.54, 1.807) is 36.4 Å². The SMILES string of the molecule is NCC(CO)OCn1cc(Cc2cccc(Oc3cccc(F)c3)c2)c(=O)[nH]c1=O. The lowest BCUT2D eigenvalue weighted by molar-refractivity contribution is -0.0200. The first-order chi connectivity index (χ1) is 14.5. The molecule has 9 heteroatoms. The molecule has 4 N–H and O–H groups in total. The van der Waals surface area contributed by atoms with Crippen molar-refractivity contribution in [3.63, 3.8) is 0 Å². The van der Waals surface area contributed by atoms with Crippen LogP contribution in [0.2, 0.25) is 0 Å². The Morgan fingerprint density at radius 1 is 1.13 bits per heavy atom. The number of halogens is 1. The molecule has 0 saturated carbocycles. The number of aliphatic hydroxyl groups is 1. The number of nitrogens with one attached hydrogen (secondary N) is 1. The summed E-state index contributed by atoms with van der Waals surface area (Å²) in [5, 5.41) is 9.13. The van der Waals surface area contributed by atoms with Crippen molar-refractivity contribution in [2.24, 2.45) is 5.73 Å². The number of rotatable bonds is 9. The Hall–Kier alpha value is -3.27. The Balaban J connectivity index is 1.78. The maximum absolute atomic E-state index is 13.3. The lowest BCUT2D eigenvalue weighted by Crippen LogP contribution is -2.35. The van der Waals surface area contributed by atoms with Gasteiger partial charge in [-0.3, -0.25) is 14.3 Å². The Labute approximate surface area is 171 Å². The molecule has 3 rings (SSSR count).